The molecule has 0 heterocycles. The molecule has 0 bridgehead atoms. The second kappa shape index (κ2) is 7.67. The van der Waals surface area contributed by atoms with Gasteiger partial charge in [0.2, 0.25) is 0 Å². The molecule has 0 aliphatic carbocycles. The number of aliphatic hydroxyl groups excluding tert-OH is 1. The van der Waals surface area contributed by atoms with E-state index in [0.717, 1.165) is 35.7 Å². The third-order valence-corrected chi connectivity index (χ3v) is 3.31. The monoisotopic (exact) mass is 287 g/mol. The van der Waals surface area contributed by atoms with Crippen LogP contribution < -0.4 is 14.8 Å². The number of nitrogens with one attached hydrogen (secondary N) is 1. The van der Waals surface area contributed by atoms with Gasteiger partial charge in [0, 0.05) is 13.1 Å². The summed E-state index contributed by atoms with van der Waals surface area (Å²) in [5.74, 6) is 1.48. The molecule has 4 heteroatoms. The average molecular weight is 287 g/mol. The van der Waals surface area contributed by atoms with Gasteiger partial charge in [0.15, 0.2) is 11.5 Å². The fraction of sp³-hybridized carbons (Fsp3) is 0.294. The molecule has 0 unspecified atom stereocenters. The zero-order valence-corrected chi connectivity index (χ0v) is 12.4. The van der Waals surface area contributed by atoms with E-state index >= 15 is 0 Å². The molecule has 0 atom stereocenters. The van der Waals surface area contributed by atoms with E-state index in [9.17, 15) is 0 Å². The van der Waals surface area contributed by atoms with Gasteiger partial charge in [-0.3, -0.25) is 0 Å². The van der Waals surface area contributed by atoms with Crippen molar-refractivity contribution in [3.8, 4) is 11.5 Å². The zero-order chi connectivity index (χ0) is 15.1. The molecule has 2 rings (SSSR count). The van der Waals surface area contributed by atoms with Crippen LogP contribution >= 0.6 is 0 Å². The first-order chi connectivity index (χ1) is 10.3. The quantitative estimate of drug-likeness (QED) is 0.821. The molecule has 112 valence electrons. The number of methoxy groups -OCH3 is 2. The number of aliphatic hydroxyl groups is 1. The first kappa shape index (κ1) is 15.4. The van der Waals surface area contributed by atoms with Crippen molar-refractivity contribution in [3.63, 3.8) is 0 Å². The van der Waals surface area contributed by atoms with Crippen LogP contribution in [0.2, 0.25) is 0 Å². The Balaban J connectivity index is 1.90. The molecule has 0 spiro atoms. The van der Waals surface area contributed by atoms with Crippen molar-refractivity contribution in [1.29, 1.82) is 0 Å². The van der Waals surface area contributed by atoms with E-state index in [2.05, 4.69) is 5.32 Å². The zero-order valence-electron chi connectivity index (χ0n) is 12.4. The Labute approximate surface area is 125 Å². The molecule has 0 fully saturated rings. The van der Waals surface area contributed by atoms with Gasteiger partial charge in [0.25, 0.3) is 0 Å². The maximum absolute atomic E-state index is 9.01. The highest BCUT2D eigenvalue weighted by molar-refractivity contribution is 5.42. The summed E-state index contributed by atoms with van der Waals surface area (Å²) in [5.41, 5.74) is 3.26. The summed E-state index contributed by atoms with van der Waals surface area (Å²) in [6, 6.07) is 13.8. The lowest BCUT2D eigenvalue weighted by Gasteiger charge is -2.10. The molecule has 4 nitrogen and oxygen atoms in total. The van der Waals surface area contributed by atoms with Gasteiger partial charge in [-0.25, -0.2) is 0 Å². The fourth-order valence-electron chi connectivity index (χ4n) is 2.10. The predicted octanol–water partition coefficient (Wildman–Crippen LogP) is 2.49. The first-order valence-corrected chi connectivity index (χ1v) is 6.87. The Hall–Kier alpha value is -2.04. The summed E-state index contributed by atoms with van der Waals surface area (Å²) in [6.45, 7) is 1.61. The van der Waals surface area contributed by atoms with Crippen molar-refractivity contribution in [2.75, 3.05) is 14.2 Å². The smallest absolute Gasteiger partial charge is 0.161 e. The topological polar surface area (TPSA) is 50.7 Å². The van der Waals surface area contributed by atoms with Crippen LogP contribution in [0.25, 0.3) is 0 Å². The maximum atomic E-state index is 9.01. The number of rotatable bonds is 7. The van der Waals surface area contributed by atoms with Gasteiger partial charge in [-0.05, 0) is 28.8 Å². The molecule has 21 heavy (non-hydrogen) atoms. The molecule has 0 saturated carbocycles. The van der Waals surface area contributed by atoms with E-state index in [1.807, 2.05) is 42.5 Å². The van der Waals surface area contributed by atoms with Crippen LogP contribution in [-0.4, -0.2) is 19.3 Å². The third kappa shape index (κ3) is 4.21. The van der Waals surface area contributed by atoms with Crippen LogP contribution in [0.15, 0.2) is 42.5 Å². The number of hydrogen-bond donors (Lipinski definition) is 2. The molecular formula is C17H21NO3. The van der Waals surface area contributed by atoms with Crippen LogP contribution in [-0.2, 0) is 19.7 Å². The van der Waals surface area contributed by atoms with Gasteiger partial charge in [0.1, 0.15) is 0 Å². The Morgan fingerprint density at radius 2 is 1.38 bits per heavy atom. The number of ether oxygens (including phenoxy) is 2. The minimum absolute atomic E-state index is 0.0827. The Morgan fingerprint density at radius 1 is 0.810 bits per heavy atom. The minimum Gasteiger partial charge on any atom is -0.493 e. The molecule has 2 aromatic rings. The van der Waals surface area contributed by atoms with E-state index in [4.69, 9.17) is 14.6 Å². The molecule has 0 amide bonds. The Morgan fingerprint density at radius 3 is 2.00 bits per heavy atom. The van der Waals surface area contributed by atoms with Gasteiger partial charge in [-0.15, -0.1) is 0 Å². The third-order valence-electron chi connectivity index (χ3n) is 3.31. The summed E-state index contributed by atoms with van der Waals surface area (Å²) in [5, 5.41) is 12.4. The summed E-state index contributed by atoms with van der Waals surface area (Å²) < 4.78 is 10.5. The van der Waals surface area contributed by atoms with Crippen LogP contribution in [0.5, 0.6) is 11.5 Å². The SMILES string of the molecule is COc1ccc(CNCc2ccc(CO)cc2)cc1OC. The number of benzene rings is 2. The average Bonchev–Trinajstić information content (AvgIpc) is 2.55. The molecule has 2 N–H and O–H groups in total. The summed E-state index contributed by atoms with van der Waals surface area (Å²) in [4.78, 5) is 0. The lowest BCUT2D eigenvalue weighted by atomic mass is 10.1. The molecule has 0 saturated heterocycles. The first-order valence-electron chi connectivity index (χ1n) is 6.87. The van der Waals surface area contributed by atoms with E-state index < -0.39 is 0 Å². The van der Waals surface area contributed by atoms with E-state index in [1.54, 1.807) is 14.2 Å². The molecule has 0 aliphatic heterocycles. The second-order valence-electron chi connectivity index (χ2n) is 4.77. The van der Waals surface area contributed by atoms with Crippen molar-refractivity contribution in [2.24, 2.45) is 0 Å². The summed E-state index contributed by atoms with van der Waals surface area (Å²) in [7, 11) is 3.27. The van der Waals surface area contributed by atoms with Gasteiger partial charge in [0.05, 0.1) is 20.8 Å². The van der Waals surface area contributed by atoms with E-state index in [0.29, 0.717) is 0 Å². The molecule has 0 radical (unpaired) electrons. The summed E-state index contributed by atoms with van der Waals surface area (Å²) in [6.07, 6.45) is 0. The van der Waals surface area contributed by atoms with Gasteiger partial charge < -0.3 is 19.9 Å². The van der Waals surface area contributed by atoms with Crippen molar-refractivity contribution >= 4 is 0 Å². The van der Waals surface area contributed by atoms with Crippen molar-refractivity contribution < 1.29 is 14.6 Å². The van der Waals surface area contributed by atoms with Crippen LogP contribution in [0.1, 0.15) is 16.7 Å². The highest BCUT2D eigenvalue weighted by atomic mass is 16.5. The standard InChI is InChI=1S/C17H21NO3/c1-20-16-8-7-15(9-17(16)21-2)11-18-10-13-3-5-14(12-19)6-4-13/h3-9,18-19H,10-12H2,1-2H3. The molecular weight excluding hydrogens is 266 g/mol. The minimum atomic E-state index is 0.0827. The summed E-state index contributed by atoms with van der Waals surface area (Å²) >= 11 is 0. The Bertz CT molecular complexity index is 567. The molecule has 0 aromatic heterocycles. The highest BCUT2D eigenvalue weighted by Crippen LogP contribution is 2.27. The molecule has 0 aliphatic rings. The lowest BCUT2D eigenvalue weighted by molar-refractivity contribution is 0.282. The van der Waals surface area contributed by atoms with Crippen molar-refractivity contribution in [3.05, 3.63) is 59.2 Å². The van der Waals surface area contributed by atoms with Crippen molar-refractivity contribution in [2.45, 2.75) is 19.7 Å². The van der Waals surface area contributed by atoms with Gasteiger partial charge in [-0.2, -0.15) is 0 Å². The van der Waals surface area contributed by atoms with Crippen LogP contribution in [0, 0.1) is 0 Å². The predicted molar refractivity (Wildman–Crippen MR) is 82.5 cm³/mol. The lowest BCUT2D eigenvalue weighted by Crippen LogP contribution is -2.12. The fourth-order valence-corrected chi connectivity index (χ4v) is 2.10. The largest absolute Gasteiger partial charge is 0.493 e. The van der Waals surface area contributed by atoms with E-state index in [1.165, 1.54) is 5.56 Å². The van der Waals surface area contributed by atoms with Gasteiger partial charge >= 0.3 is 0 Å². The normalized spacial score (nSPS) is 10.4. The van der Waals surface area contributed by atoms with Gasteiger partial charge in [-0.1, -0.05) is 30.3 Å². The number of hydrogen-bond acceptors (Lipinski definition) is 4. The highest BCUT2D eigenvalue weighted by Gasteiger charge is 2.04. The Kier molecular flexibility index (Phi) is 5.60. The van der Waals surface area contributed by atoms with Crippen LogP contribution in [0.3, 0.4) is 0 Å². The molecule has 2 aromatic carbocycles. The van der Waals surface area contributed by atoms with Crippen LogP contribution in [0.4, 0.5) is 0 Å². The van der Waals surface area contributed by atoms with E-state index in [-0.39, 0.29) is 6.61 Å². The maximum Gasteiger partial charge on any atom is 0.161 e. The second-order valence-corrected chi connectivity index (χ2v) is 4.77. The van der Waals surface area contributed by atoms with Crippen molar-refractivity contribution in [1.82, 2.24) is 5.32 Å².